The van der Waals surface area contributed by atoms with Gasteiger partial charge in [0.2, 0.25) is 0 Å². The molecule has 0 saturated heterocycles. The Hall–Kier alpha value is -2.19. The van der Waals surface area contributed by atoms with Crippen LogP contribution in [0.5, 0.6) is 11.5 Å². The maximum Gasteiger partial charge on any atom is 0.146 e. The molecule has 3 heteroatoms. The summed E-state index contributed by atoms with van der Waals surface area (Å²) in [6.07, 6.45) is 1.64. The molecule has 2 aromatic carbocycles. The molecule has 0 saturated carbocycles. The number of furan rings is 1. The maximum atomic E-state index is 6.30. The molecule has 2 nitrogen and oxygen atoms in total. The minimum atomic E-state index is 0.558. The van der Waals surface area contributed by atoms with Crippen LogP contribution in [0.1, 0.15) is 11.1 Å². The minimum absolute atomic E-state index is 0.558. The molecule has 0 aliphatic heterocycles. The number of aryl methyl sites for hydroxylation is 2. The van der Waals surface area contributed by atoms with E-state index in [9.17, 15) is 0 Å². The molecule has 0 unspecified atom stereocenters. The third kappa shape index (κ3) is 2.96. The molecule has 0 fully saturated rings. The van der Waals surface area contributed by atoms with Gasteiger partial charge in [-0.15, -0.1) is 0 Å². The second-order valence-corrected chi connectivity index (χ2v) is 5.38. The Kier molecular flexibility index (Phi) is 3.72. The van der Waals surface area contributed by atoms with Gasteiger partial charge in [0, 0.05) is 5.56 Å². The van der Waals surface area contributed by atoms with Crippen molar-refractivity contribution in [1.82, 2.24) is 0 Å². The first-order chi connectivity index (χ1) is 10.1. The predicted molar refractivity (Wildman–Crippen MR) is 85.1 cm³/mol. The van der Waals surface area contributed by atoms with Crippen molar-refractivity contribution in [2.75, 3.05) is 0 Å². The van der Waals surface area contributed by atoms with Crippen LogP contribution in [0.4, 0.5) is 0 Å². The first-order valence-corrected chi connectivity index (χ1v) is 7.10. The largest absolute Gasteiger partial charge is 0.464 e. The van der Waals surface area contributed by atoms with E-state index in [4.69, 9.17) is 20.8 Å². The van der Waals surface area contributed by atoms with E-state index in [1.165, 1.54) is 11.1 Å². The molecule has 0 aliphatic rings. The highest BCUT2D eigenvalue weighted by molar-refractivity contribution is 6.32. The van der Waals surface area contributed by atoms with E-state index in [1.54, 1.807) is 6.26 Å². The Bertz CT molecular complexity index is 761. The molecule has 106 valence electrons. The number of hydrogen-bond donors (Lipinski definition) is 0. The van der Waals surface area contributed by atoms with Crippen molar-refractivity contribution in [2.24, 2.45) is 0 Å². The summed E-state index contributed by atoms with van der Waals surface area (Å²) < 4.78 is 11.2. The molecular formula is C18H15ClO2. The summed E-state index contributed by atoms with van der Waals surface area (Å²) in [7, 11) is 0. The molecule has 0 radical (unpaired) electrons. The molecule has 21 heavy (non-hydrogen) atoms. The molecule has 0 atom stereocenters. The van der Waals surface area contributed by atoms with Crippen molar-refractivity contribution in [3.63, 3.8) is 0 Å². The van der Waals surface area contributed by atoms with Crippen LogP contribution in [0, 0.1) is 13.8 Å². The van der Waals surface area contributed by atoms with E-state index >= 15 is 0 Å². The summed E-state index contributed by atoms with van der Waals surface area (Å²) in [4.78, 5) is 0. The number of hydrogen-bond acceptors (Lipinski definition) is 2. The highest BCUT2D eigenvalue weighted by Gasteiger charge is 2.08. The van der Waals surface area contributed by atoms with Crippen LogP contribution in [0.25, 0.3) is 11.3 Å². The average molecular weight is 299 g/mol. The van der Waals surface area contributed by atoms with E-state index < -0.39 is 0 Å². The third-order valence-corrected chi connectivity index (χ3v) is 3.74. The van der Waals surface area contributed by atoms with Crippen molar-refractivity contribution >= 4 is 11.6 Å². The zero-order valence-electron chi connectivity index (χ0n) is 11.9. The van der Waals surface area contributed by atoms with Crippen LogP contribution < -0.4 is 4.74 Å². The Morgan fingerprint density at radius 2 is 1.81 bits per heavy atom. The van der Waals surface area contributed by atoms with Gasteiger partial charge in [-0.25, -0.2) is 0 Å². The van der Waals surface area contributed by atoms with Gasteiger partial charge in [0.05, 0.1) is 11.3 Å². The fourth-order valence-corrected chi connectivity index (χ4v) is 2.30. The monoisotopic (exact) mass is 298 g/mol. The van der Waals surface area contributed by atoms with E-state index in [0.717, 1.165) is 17.1 Å². The van der Waals surface area contributed by atoms with Crippen LogP contribution in [0.3, 0.4) is 0 Å². The van der Waals surface area contributed by atoms with E-state index in [0.29, 0.717) is 10.8 Å². The second-order valence-electron chi connectivity index (χ2n) is 4.97. The minimum Gasteiger partial charge on any atom is -0.464 e. The normalized spacial score (nSPS) is 10.6. The molecule has 0 spiro atoms. The van der Waals surface area contributed by atoms with Crippen LogP contribution >= 0.6 is 11.6 Å². The van der Waals surface area contributed by atoms with E-state index in [1.807, 2.05) is 48.5 Å². The van der Waals surface area contributed by atoms with E-state index in [2.05, 4.69) is 13.8 Å². The smallest absolute Gasteiger partial charge is 0.146 e. The van der Waals surface area contributed by atoms with Crippen molar-refractivity contribution < 1.29 is 9.15 Å². The van der Waals surface area contributed by atoms with Crippen molar-refractivity contribution in [3.8, 4) is 22.8 Å². The van der Waals surface area contributed by atoms with Gasteiger partial charge in [0.1, 0.15) is 17.3 Å². The zero-order chi connectivity index (χ0) is 14.8. The molecule has 0 N–H and O–H groups in total. The SMILES string of the molecule is Cc1ccc(Oc2ccc(-c3ccco3)cc2Cl)cc1C. The van der Waals surface area contributed by atoms with Crippen LogP contribution in [-0.4, -0.2) is 0 Å². The van der Waals surface area contributed by atoms with Crippen LogP contribution in [0.15, 0.2) is 59.2 Å². The number of rotatable bonds is 3. The van der Waals surface area contributed by atoms with Gasteiger partial charge < -0.3 is 9.15 Å². The molecule has 3 aromatic rings. The lowest BCUT2D eigenvalue weighted by Crippen LogP contribution is -1.88. The highest BCUT2D eigenvalue weighted by atomic mass is 35.5. The average Bonchev–Trinajstić information content (AvgIpc) is 2.99. The Morgan fingerprint density at radius 1 is 0.952 bits per heavy atom. The molecule has 0 amide bonds. The van der Waals surface area contributed by atoms with Gasteiger partial charge in [0.25, 0.3) is 0 Å². The molecule has 3 rings (SSSR count). The van der Waals surface area contributed by atoms with Gasteiger partial charge in [-0.1, -0.05) is 17.7 Å². The first kappa shape index (κ1) is 13.8. The second kappa shape index (κ2) is 5.66. The Labute approximate surface area is 128 Å². The van der Waals surface area contributed by atoms with Gasteiger partial charge >= 0.3 is 0 Å². The molecule has 1 heterocycles. The maximum absolute atomic E-state index is 6.30. The summed E-state index contributed by atoms with van der Waals surface area (Å²) in [6.45, 7) is 4.13. The predicted octanol–water partition coefficient (Wildman–Crippen LogP) is 6.01. The van der Waals surface area contributed by atoms with Gasteiger partial charge in [0.15, 0.2) is 0 Å². The summed E-state index contributed by atoms with van der Waals surface area (Å²) in [6, 6.07) is 15.4. The Morgan fingerprint density at radius 3 is 2.48 bits per heavy atom. The number of halogens is 1. The van der Waals surface area contributed by atoms with Gasteiger partial charge in [-0.3, -0.25) is 0 Å². The quantitative estimate of drug-likeness (QED) is 0.591. The zero-order valence-corrected chi connectivity index (χ0v) is 12.6. The molecule has 0 bridgehead atoms. The van der Waals surface area contributed by atoms with Crippen molar-refractivity contribution in [2.45, 2.75) is 13.8 Å². The van der Waals surface area contributed by atoms with Crippen LogP contribution in [-0.2, 0) is 0 Å². The fraction of sp³-hybridized carbons (Fsp3) is 0.111. The van der Waals surface area contributed by atoms with Crippen molar-refractivity contribution in [3.05, 3.63) is 70.9 Å². The summed E-state index contributed by atoms with van der Waals surface area (Å²) in [5, 5.41) is 0.558. The van der Waals surface area contributed by atoms with Gasteiger partial charge in [-0.2, -0.15) is 0 Å². The topological polar surface area (TPSA) is 22.4 Å². The molecule has 1 aromatic heterocycles. The highest BCUT2D eigenvalue weighted by Crippen LogP contribution is 2.33. The lowest BCUT2D eigenvalue weighted by atomic mass is 10.1. The summed E-state index contributed by atoms with van der Waals surface area (Å²) in [5.74, 6) is 2.20. The van der Waals surface area contributed by atoms with E-state index in [-0.39, 0.29) is 0 Å². The number of benzene rings is 2. The Balaban J connectivity index is 1.87. The van der Waals surface area contributed by atoms with Crippen LogP contribution in [0.2, 0.25) is 5.02 Å². The summed E-state index contributed by atoms with van der Waals surface area (Å²) in [5.41, 5.74) is 3.36. The molecular weight excluding hydrogens is 284 g/mol. The third-order valence-electron chi connectivity index (χ3n) is 3.44. The lowest BCUT2D eigenvalue weighted by Gasteiger charge is -2.10. The first-order valence-electron chi connectivity index (χ1n) is 6.72. The summed E-state index contributed by atoms with van der Waals surface area (Å²) >= 11 is 6.30. The lowest BCUT2D eigenvalue weighted by molar-refractivity contribution is 0.482. The van der Waals surface area contributed by atoms with Gasteiger partial charge in [-0.05, 0) is 67.4 Å². The number of ether oxygens (including phenoxy) is 1. The molecule has 0 aliphatic carbocycles. The standard InChI is InChI=1S/C18H15ClO2/c1-12-5-7-15(10-13(12)2)21-18-8-6-14(11-16(18)19)17-4-3-9-20-17/h3-11H,1-2H3. The fourth-order valence-electron chi connectivity index (χ4n) is 2.08. The van der Waals surface area contributed by atoms with Crippen molar-refractivity contribution in [1.29, 1.82) is 0 Å².